The van der Waals surface area contributed by atoms with Crippen LogP contribution in [0.5, 0.6) is 11.5 Å². The lowest BCUT2D eigenvalue weighted by atomic mass is 10.1. The summed E-state index contributed by atoms with van der Waals surface area (Å²) in [5.74, 6) is 0.709. The second-order valence-corrected chi connectivity index (χ2v) is 6.25. The zero-order valence-corrected chi connectivity index (χ0v) is 17.4. The van der Waals surface area contributed by atoms with E-state index in [1.807, 2.05) is 24.3 Å². The summed E-state index contributed by atoms with van der Waals surface area (Å²) in [6.45, 7) is 14.2. The quantitative estimate of drug-likeness (QED) is 0.427. The smallest absolute Gasteiger partial charge is 0.349 e. The van der Waals surface area contributed by atoms with Crippen molar-refractivity contribution < 1.29 is 19.0 Å². The molecule has 0 N–H and O–H groups in total. The molecule has 0 aliphatic carbocycles. The lowest BCUT2D eigenvalue weighted by Gasteiger charge is -2.26. The molecule has 0 fully saturated rings. The SMILES string of the molecule is C=CCc1ccc(OC(C)(C)C(=O)OCCN(CC)CC)c(OC)c1.Cl. The molecule has 1 aromatic rings. The molecule has 26 heavy (non-hydrogen) atoms. The first-order valence-corrected chi connectivity index (χ1v) is 8.74. The van der Waals surface area contributed by atoms with E-state index in [0.29, 0.717) is 24.7 Å². The summed E-state index contributed by atoms with van der Waals surface area (Å²) >= 11 is 0. The first-order valence-electron chi connectivity index (χ1n) is 8.74. The van der Waals surface area contributed by atoms with Gasteiger partial charge in [-0.2, -0.15) is 0 Å². The monoisotopic (exact) mass is 385 g/mol. The van der Waals surface area contributed by atoms with Gasteiger partial charge in [-0.25, -0.2) is 4.79 Å². The van der Waals surface area contributed by atoms with E-state index in [1.165, 1.54) is 0 Å². The molecule has 5 nitrogen and oxygen atoms in total. The van der Waals surface area contributed by atoms with E-state index in [4.69, 9.17) is 14.2 Å². The van der Waals surface area contributed by atoms with E-state index in [9.17, 15) is 4.79 Å². The number of ether oxygens (including phenoxy) is 3. The molecule has 1 aromatic carbocycles. The average molecular weight is 386 g/mol. The van der Waals surface area contributed by atoms with E-state index >= 15 is 0 Å². The van der Waals surface area contributed by atoms with Gasteiger partial charge < -0.3 is 19.1 Å². The van der Waals surface area contributed by atoms with Crippen LogP contribution in [-0.4, -0.2) is 49.8 Å². The van der Waals surface area contributed by atoms with Gasteiger partial charge in [0.2, 0.25) is 0 Å². The Labute approximate surface area is 163 Å². The van der Waals surface area contributed by atoms with Crippen molar-refractivity contribution in [3.05, 3.63) is 36.4 Å². The number of benzene rings is 1. The van der Waals surface area contributed by atoms with Crippen molar-refractivity contribution in [3.8, 4) is 11.5 Å². The highest BCUT2D eigenvalue weighted by Crippen LogP contribution is 2.31. The maximum atomic E-state index is 12.4. The van der Waals surface area contributed by atoms with Gasteiger partial charge >= 0.3 is 5.97 Å². The summed E-state index contributed by atoms with van der Waals surface area (Å²) < 4.78 is 16.7. The Hall–Kier alpha value is -1.72. The standard InChI is InChI=1S/C20H31NO4.ClH/c1-7-10-16-11-12-17(18(15-16)23-6)25-20(4,5)19(22)24-14-13-21(8-2)9-3;/h7,11-12,15H,1,8-10,13-14H2,2-6H3;1H. The summed E-state index contributed by atoms with van der Waals surface area (Å²) in [5, 5.41) is 0. The number of methoxy groups -OCH3 is 1. The number of hydrogen-bond donors (Lipinski definition) is 0. The van der Waals surface area contributed by atoms with Crippen LogP contribution in [0.4, 0.5) is 0 Å². The average Bonchev–Trinajstić information content (AvgIpc) is 2.59. The van der Waals surface area contributed by atoms with Gasteiger partial charge in [0.1, 0.15) is 6.61 Å². The van der Waals surface area contributed by atoms with Gasteiger partial charge in [-0.3, -0.25) is 0 Å². The molecule has 0 unspecified atom stereocenters. The topological polar surface area (TPSA) is 48.0 Å². The van der Waals surface area contributed by atoms with E-state index in [0.717, 1.165) is 25.1 Å². The first-order chi connectivity index (χ1) is 11.9. The third kappa shape index (κ3) is 7.26. The molecule has 0 radical (unpaired) electrons. The number of hydrogen-bond acceptors (Lipinski definition) is 5. The Morgan fingerprint density at radius 3 is 2.42 bits per heavy atom. The van der Waals surface area contributed by atoms with Gasteiger partial charge in [-0.1, -0.05) is 26.0 Å². The summed E-state index contributed by atoms with van der Waals surface area (Å²) in [5.41, 5.74) is -0.0324. The molecule has 6 heteroatoms. The zero-order chi connectivity index (χ0) is 18.9. The van der Waals surface area contributed by atoms with Crippen molar-refractivity contribution in [2.75, 3.05) is 33.4 Å². The van der Waals surface area contributed by atoms with Crippen LogP contribution in [0.25, 0.3) is 0 Å². The lowest BCUT2D eigenvalue weighted by Crippen LogP contribution is -2.41. The Morgan fingerprint density at radius 1 is 1.23 bits per heavy atom. The predicted octanol–water partition coefficient (Wildman–Crippen LogP) is 3.89. The molecule has 0 heterocycles. The molecule has 0 aliphatic rings. The molecule has 0 aliphatic heterocycles. The number of carbonyl (C=O) groups is 1. The molecule has 0 amide bonds. The maximum absolute atomic E-state index is 12.4. The van der Waals surface area contributed by atoms with Gasteiger partial charge in [0.25, 0.3) is 0 Å². The fraction of sp³-hybridized carbons (Fsp3) is 0.550. The minimum atomic E-state index is -1.10. The molecule has 0 saturated carbocycles. The summed E-state index contributed by atoms with van der Waals surface area (Å²) in [6.07, 6.45) is 2.57. The van der Waals surface area contributed by atoms with Crippen molar-refractivity contribution >= 4 is 18.4 Å². The van der Waals surface area contributed by atoms with Gasteiger partial charge in [-0.15, -0.1) is 19.0 Å². The molecule has 0 bridgehead atoms. The van der Waals surface area contributed by atoms with Gasteiger partial charge in [0.05, 0.1) is 7.11 Å². The summed E-state index contributed by atoms with van der Waals surface area (Å²) in [4.78, 5) is 14.6. The Kier molecular flexibility index (Phi) is 11.0. The number of allylic oxidation sites excluding steroid dienone is 1. The highest BCUT2D eigenvalue weighted by atomic mass is 35.5. The molecule has 148 valence electrons. The van der Waals surface area contributed by atoms with E-state index in [-0.39, 0.29) is 12.4 Å². The second-order valence-electron chi connectivity index (χ2n) is 6.25. The molecule has 0 spiro atoms. The van der Waals surface area contributed by atoms with Crippen LogP contribution >= 0.6 is 12.4 Å². The Balaban J connectivity index is 0.00000625. The fourth-order valence-corrected chi connectivity index (χ4v) is 2.39. The van der Waals surface area contributed by atoms with E-state index in [1.54, 1.807) is 21.0 Å². The van der Waals surface area contributed by atoms with Crippen molar-refractivity contribution in [3.63, 3.8) is 0 Å². The zero-order valence-electron chi connectivity index (χ0n) is 16.5. The fourth-order valence-electron chi connectivity index (χ4n) is 2.39. The van der Waals surface area contributed by atoms with Crippen LogP contribution in [0.2, 0.25) is 0 Å². The number of rotatable bonds is 11. The second kappa shape index (κ2) is 11.8. The summed E-state index contributed by atoms with van der Waals surface area (Å²) in [7, 11) is 1.58. The van der Waals surface area contributed by atoms with E-state index < -0.39 is 11.6 Å². The molecule has 0 atom stereocenters. The number of carbonyl (C=O) groups excluding carboxylic acids is 1. The number of halogens is 1. The van der Waals surface area contributed by atoms with E-state index in [2.05, 4.69) is 25.3 Å². The maximum Gasteiger partial charge on any atom is 0.349 e. The summed E-state index contributed by atoms with van der Waals surface area (Å²) in [6, 6.07) is 5.63. The van der Waals surface area contributed by atoms with Crippen LogP contribution in [0.15, 0.2) is 30.9 Å². The Morgan fingerprint density at radius 2 is 1.88 bits per heavy atom. The third-order valence-corrected chi connectivity index (χ3v) is 4.00. The minimum absolute atomic E-state index is 0. The number of likely N-dealkylation sites (N-methyl/N-ethyl adjacent to an activating group) is 1. The van der Waals surface area contributed by atoms with Gasteiger partial charge in [0.15, 0.2) is 17.1 Å². The number of nitrogens with zero attached hydrogens (tertiary/aromatic N) is 1. The van der Waals surface area contributed by atoms with Crippen LogP contribution < -0.4 is 9.47 Å². The highest BCUT2D eigenvalue weighted by Gasteiger charge is 2.33. The predicted molar refractivity (Wildman–Crippen MR) is 108 cm³/mol. The van der Waals surface area contributed by atoms with Gasteiger partial charge in [-0.05, 0) is 51.1 Å². The molecule has 0 aromatic heterocycles. The third-order valence-electron chi connectivity index (χ3n) is 4.00. The molecule has 1 rings (SSSR count). The van der Waals surface area contributed by atoms with Crippen LogP contribution in [0, 0.1) is 0 Å². The number of esters is 1. The lowest BCUT2D eigenvalue weighted by molar-refractivity contribution is -0.159. The van der Waals surface area contributed by atoms with Gasteiger partial charge in [0, 0.05) is 6.54 Å². The minimum Gasteiger partial charge on any atom is -0.493 e. The van der Waals surface area contributed by atoms with Crippen LogP contribution in [-0.2, 0) is 16.0 Å². The first kappa shape index (κ1) is 24.3. The normalized spacial score (nSPS) is 10.8. The molecule has 0 saturated heterocycles. The van der Waals surface area contributed by atoms with Crippen LogP contribution in [0.1, 0.15) is 33.3 Å². The van der Waals surface area contributed by atoms with Crippen molar-refractivity contribution in [2.24, 2.45) is 0 Å². The largest absolute Gasteiger partial charge is 0.493 e. The Bertz CT molecular complexity index is 571. The van der Waals surface area contributed by atoms with Crippen molar-refractivity contribution in [2.45, 2.75) is 39.7 Å². The van der Waals surface area contributed by atoms with Crippen molar-refractivity contribution in [1.82, 2.24) is 4.90 Å². The molecular weight excluding hydrogens is 354 g/mol. The van der Waals surface area contributed by atoms with Crippen molar-refractivity contribution in [1.29, 1.82) is 0 Å². The van der Waals surface area contributed by atoms with Crippen LogP contribution in [0.3, 0.4) is 0 Å². The molecular formula is C20H32ClNO4. The highest BCUT2D eigenvalue weighted by molar-refractivity contribution is 5.85.